The summed E-state index contributed by atoms with van der Waals surface area (Å²) in [6, 6.07) is 10.4. The van der Waals surface area contributed by atoms with E-state index in [-0.39, 0.29) is 6.10 Å². The Morgan fingerprint density at radius 2 is 1.89 bits per heavy atom. The molecule has 1 heteroatoms. The molecule has 0 fully saturated rings. The number of hydrogen-bond donors (Lipinski definition) is 0. The van der Waals surface area contributed by atoms with Crippen LogP contribution in [0.5, 0.6) is 0 Å². The van der Waals surface area contributed by atoms with E-state index in [0.717, 1.165) is 12.8 Å². The Labute approximate surface area is 112 Å². The molecule has 0 heterocycles. The lowest BCUT2D eigenvalue weighted by Crippen LogP contribution is -2.09. The SMILES string of the molecule is CCC/C=C/C(CCCC)OCc1ccccc1. The molecule has 0 spiro atoms. The molecule has 1 rings (SSSR count). The van der Waals surface area contributed by atoms with Gasteiger partial charge in [0.05, 0.1) is 12.7 Å². The highest BCUT2D eigenvalue weighted by Gasteiger charge is 2.04. The molecule has 1 nitrogen and oxygen atoms in total. The molecule has 0 aliphatic heterocycles. The van der Waals surface area contributed by atoms with Crippen LogP contribution in [-0.4, -0.2) is 6.10 Å². The van der Waals surface area contributed by atoms with Gasteiger partial charge in [-0.25, -0.2) is 0 Å². The minimum absolute atomic E-state index is 0.275. The average molecular weight is 246 g/mol. The van der Waals surface area contributed by atoms with Crippen molar-refractivity contribution in [3.63, 3.8) is 0 Å². The summed E-state index contributed by atoms with van der Waals surface area (Å²) in [4.78, 5) is 0. The van der Waals surface area contributed by atoms with Gasteiger partial charge in [0.15, 0.2) is 0 Å². The molecule has 1 atom stereocenters. The van der Waals surface area contributed by atoms with E-state index >= 15 is 0 Å². The first kappa shape index (κ1) is 15.0. The van der Waals surface area contributed by atoms with E-state index in [0.29, 0.717) is 6.61 Å². The number of unbranched alkanes of at least 4 members (excludes halogenated alkanes) is 2. The molecule has 0 amide bonds. The van der Waals surface area contributed by atoms with E-state index in [9.17, 15) is 0 Å². The number of benzene rings is 1. The first-order valence-electron chi connectivity index (χ1n) is 7.19. The third-order valence-electron chi connectivity index (χ3n) is 2.96. The first-order chi connectivity index (χ1) is 8.86. The standard InChI is InChI=1S/C17H26O/c1-3-5-8-14-17(13-6-4-2)18-15-16-11-9-7-10-12-16/h7-12,14,17H,3-6,13,15H2,1-2H3/b14-8+. The molecule has 1 unspecified atom stereocenters. The monoisotopic (exact) mass is 246 g/mol. The Balaban J connectivity index is 2.39. The van der Waals surface area contributed by atoms with Gasteiger partial charge in [-0.3, -0.25) is 0 Å². The summed E-state index contributed by atoms with van der Waals surface area (Å²) in [5.74, 6) is 0. The second-order valence-corrected chi connectivity index (χ2v) is 4.69. The van der Waals surface area contributed by atoms with Gasteiger partial charge < -0.3 is 4.74 Å². The minimum atomic E-state index is 0.275. The van der Waals surface area contributed by atoms with E-state index in [1.54, 1.807) is 0 Å². The summed E-state index contributed by atoms with van der Waals surface area (Å²) in [5.41, 5.74) is 1.25. The van der Waals surface area contributed by atoms with Gasteiger partial charge >= 0.3 is 0 Å². The van der Waals surface area contributed by atoms with Crippen LogP contribution in [-0.2, 0) is 11.3 Å². The first-order valence-corrected chi connectivity index (χ1v) is 7.19. The lowest BCUT2D eigenvalue weighted by molar-refractivity contribution is 0.0649. The molecule has 100 valence electrons. The van der Waals surface area contributed by atoms with Crippen molar-refractivity contribution in [1.29, 1.82) is 0 Å². The number of ether oxygens (including phenoxy) is 1. The van der Waals surface area contributed by atoms with Crippen LogP contribution in [0.15, 0.2) is 42.5 Å². The minimum Gasteiger partial charge on any atom is -0.369 e. The Kier molecular flexibility index (Phi) is 8.24. The van der Waals surface area contributed by atoms with Crippen molar-refractivity contribution < 1.29 is 4.74 Å². The largest absolute Gasteiger partial charge is 0.369 e. The van der Waals surface area contributed by atoms with Gasteiger partial charge in [-0.05, 0) is 18.4 Å². The zero-order valence-electron chi connectivity index (χ0n) is 11.8. The maximum Gasteiger partial charge on any atom is 0.0760 e. The Morgan fingerprint density at radius 1 is 1.11 bits per heavy atom. The predicted molar refractivity (Wildman–Crippen MR) is 78.6 cm³/mol. The molecule has 1 aromatic rings. The van der Waals surface area contributed by atoms with Crippen molar-refractivity contribution in [3.05, 3.63) is 48.0 Å². The van der Waals surface area contributed by atoms with Crippen molar-refractivity contribution in [2.45, 2.75) is 58.7 Å². The third-order valence-corrected chi connectivity index (χ3v) is 2.96. The number of allylic oxidation sites excluding steroid dienone is 1. The fraction of sp³-hybridized carbons (Fsp3) is 0.529. The van der Waals surface area contributed by atoms with Crippen LogP contribution in [0.1, 0.15) is 51.5 Å². The molecule has 0 saturated heterocycles. The molecule has 18 heavy (non-hydrogen) atoms. The van der Waals surface area contributed by atoms with Gasteiger partial charge in [0.1, 0.15) is 0 Å². The maximum atomic E-state index is 5.99. The highest BCUT2D eigenvalue weighted by Crippen LogP contribution is 2.11. The van der Waals surface area contributed by atoms with E-state index < -0.39 is 0 Å². The van der Waals surface area contributed by atoms with Gasteiger partial charge in [0, 0.05) is 0 Å². The molecule has 0 aromatic heterocycles. The second kappa shape index (κ2) is 9.90. The lowest BCUT2D eigenvalue weighted by atomic mass is 10.1. The van der Waals surface area contributed by atoms with Crippen LogP contribution in [0.4, 0.5) is 0 Å². The Morgan fingerprint density at radius 3 is 2.56 bits per heavy atom. The quantitative estimate of drug-likeness (QED) is 0.550. The lowest BCUT2D eigenvalue weighted by Gasteiger charge is -2.14. The summed E-state index contributed by atoms with van der Waals surface area (Å²) >= 11 is 0. The van der Waals surface area contributed by atoms with E-state index in [1.165, 1.54) is 24.8 Å². The summed E-state index contributed by atoms with van der Waals surface area (Å²) in [5, 5.41) is 0. The van der Waals surface area contributed by atoms with Crippen molar-refractivity contribution in [1.82, 2.24) is 0 Å². The molecular formula is C17H26O. The van der Waals surface area contributed by atoms with Crippen LogP contribution < -0.4 is 0 Å². The van der Waals surface area contributed by atoms with Crippen LogP contribution >= 0.6 is 0 Å². The number of rotatable bonds is 9. The maximum absolute atomic E-state index is 5.99. The normalized spacial score (nSPS) is 13.0. The predicted octanol–water partition coefficient (Wildman–Crippen LogP) is 5.12. The van der Waals surface area contributed by atoms with Crippen molar-refractivity contribution >= 4 is 0 Å². The van der Waals surface area contributed by atoms with Crippen LogP contribution in [0, 0.1) is 0 Å². The highest BCUT2D eigenvalue weighted by atomic mass is 16.5. The van der Waals surface area contributed by atoms with Gasteiger partial charge in [-0.15, -0.1) is 0 Å². The van der Waals surface area contributed by atoms with Crippen molar-refractivity contribution in [3.8, 4) is 0 Å². The highest BCUT2D eigenvalue weighted by molar-refractivity contribution is 5.13. The summed E-state index contributed by atoms with van der Waals surface area (Å²) in [6.45, 7) is 5.14. The molecule has 0 bridgehead atoms. The molecule has 0 aliphatic carbocycles. The van der Waals surface area contributed by atoms with Crippen molar-refractivity contribution in [2.75, 3.05) is 0 Å². The molecule has 1 aromatic carbocycles. The van der Waals surface area contributed by atoms with Crippen LogP contribution in [0.25, 0.3) is 0 Å². The second-order valence-electron chi connectivity index (χ2n) is 4.69. The zero-order chi connectivity index (χ0) is 13.1. The van der Waals surface area contributed by atoms with Gasteiger partial charge in [-0.2, -0.15) is 0 Å². The van der Waals surface area contributed by atoms with E-state index in [2.05, 4.69) is 50.3 Å². The summed E-state index contributed by atoms with van der Waals surface area (Å²) in [6.07, 6.45) is 10.7. The topological polar surface area (TPSA) is 9.23 Å². The third kappa shape index (κ3) is 6.61. The fourth-order valence-corrected chi connectivity index (χ4v) is 1.83. The fourth-order valence-electron chi connectivity index (χ4n) is 1.83. The zero-order valence-corrected chi connectivity index (χ0v) is 11.8. The van der Waals surface area contributed by atoms with Crippen LogP contribution in [0.2, 0.25) is 0 Å². The van der Waals surface area contributed by atoms with Gasteiger partial charge in [0.25, 0.3) is 0 Å². The smallest absolute Gasteiger partial charge is 0.0760 e. The van der Waals surface area contributed by atoms with Crippen LogP contribution in [0.3, 0.4) is 0 Å². The average Bonchev–Trinajstić information content (AvgIpc) is 2.42. The van der Waals surface area contributed by atoms with Crippen molar-refractivity contribution in [2.24, 2.45) is 0 Å². The molecular weight excluding hydrogens is 220 g/mol. The van der Waals surface area contributed by atoms with E-state index in [1.807, 2.05) is 6.07 Å². The number of hydrogen-bond acceptors (Lipinski definition) is 1. The Hall–Kier alpha value is -1.08. The summed E-state index contributed by atoms with van der Waals surface area (Å²) in [7, 11) is 0. The Bertz CT molecular complexity index is 316. The molecule has 0 saturated carbocycles. The van der Waals surface area contributed by atoms with Gasteiger partial charge in [-0.1, -0.05) is 75.6 Å². The molecule has 0 N–H and O–H groups in total. The van der Waals surface area contributed by atoms with E-state index in [4.69, 9.17) is 4.74 Å². The molecule has 0 radical (unpaired) electrons. The molecule has 0 aliphatic rings. The summed E-state index contributed by atoms with van der Waals surface area (Å²) < 4.78 is 5.99. The van der Waals surface area contributed by atoms with Gasteiger partial charge in [0.2, 0.25) is 0 Å².